The third-order valence-corrected chi connectivity index (χ3v) is 5.43. The number of pyridine rings is 1. The fraction of sp³-hybridized carbons (Fsp3) is 0.333. The molecular formula is C18H18N6O3S. The number of fused-ring (bicyclic) bond motifs is 1. The summed E-state index contributed by atoms with van der Waals surface area (Å²) in [5.74, 6) is 1.55. The van der Waals surface area contributed by atoms with Crippen molar-refractivity contribution in [2.24, 2.45) is 7.05 Å². The van der Waals surface area contributed by atoms with Crippen LogP contribution in [0.4, 0.5) is 0 Å². The first-order chi connectivity index (χ1) is 13.5. The molecule has 0 atom stereocenters. The van der Waals surface area contributed by atoms with Crippen LogP contribution in [0.1, 0.15) is 23.5 Å². The molecule has 1 aliphatic rings. The quantitative estimate of drug-likeness (QED) is 0.596. The molecule has 0 fully saturated rings. The van der Waals surface area contributed by atoms with Crippen LogP contribution in [0, 0.1) is 6.92 Å². The number of carbonyl (C=O) groups excluding carboxylic acids is 1. The molecule has 0 aromatic carbocycles. The second-order valence-electron chi connectivity index (χ2n) is 6.41. The van der Waals surface area contributed by atoms with E-state index in [1.807, 2.05) is 0 Å². The van der Waals surface area contributed by atoms with Crippen LogP contribution in [0.3, 0.4) is 0 Å². The van der Waals surface area contributed by atoms with Crippen molar-refractivity contribution in [2.75, 3.05) is 5.75 Å². The maximum atomic E-state index is 12.5. The molecule has 10 heteroatoms. The van der Waals surface area contributed by atoms with E-state index in [1.165, 1.54) is 16.3 Å². The number of aromatic nitrogens is 5. The number of rotatable bonds is 5. The van der Waals surface area contributed by atoms with Gasteiger partial charge in [0.05, 0.1) is 24.3 Å². The maximum absolute atomic E-state index is 12.5. The van der Waals surface area contributed by atoms with Gasteiger partial charge >= 0.3 is 0 Å². The Balaban J connectivity index is 1.33. The van der Waals surface area contributed by atoms with Crippen LogP contribution in [-0.4, -0.2) is 41.3 Å². The second kappa shape index (κ2) is 7.55. The molecule has 9 nitrogen and oxygen atoms in total. The predicted octanol–water partition coefficient (Wildman–Crippen LogP) is 1.56. The van der Waals surface area contributed by atoms with Crippen molar-refractivity contribution in [3.05, 3.63) is 52.0 Å². The highest BCUT2D eigenvalue weighted by atomic mass is 32.2. The van der Waals surface area contributed by atoms with Crippen molar-refractivity contribution in [1.29, 1.82) is 0 Å². The zero-order valence-corrected chi connectivity index (χ0v) is 16.3. The van der Waals surface area contributed by atoms with E-state index >= 15 is 0 Å². The molecular weight excluding hydrogens is 380 g/mol. The molecule has 0 unspecified atom stereocenters. The van der Waals surface area contributed by atoms with Gasteiger partial charge < -0.3 is 9.32 Å². The molecule has 0 saturated heterocycles. The first-order valence-electron chi connectivity index (χ1n) is 8.73. The van der Waals surface area contributed by atoms with Gasteiger partial charge in [0.1, 0.15) is 5.82 Å². The minimum absolute atomic E-state index is 0.0286. The lowest BCUT2D eigenvalue weighted by Gasteiger charge is -2.14. The zero-order chi connectivity index (χ0) is 19.7. The van der Waals surface area contributed by atoms with Gasteiger partial charge in [0.15, 0.2) is 0 Å². The Kier molecular flexibility index (Phi) is 4.95. The lowest BCUT2D eigenvalue weighted by atomic mass is 10.2. The number of hydrogen-bond donors (Lipinski definition) is 0. The lowest BCUT2D eigenvalue weighted by molar-refractivity contribution is -0.131. The molecule has 28 heavy (non-hydrogen) atoms. The topological polar surface area (TPSA) is 107 Å². The van der Waals surface area contributed by atoms with Crippen LogP contribution >= 0.6 is 11.8 Å². The summed E-state index contributed by atoms with van der Waals surface area (Å²) in [5.41, 5.74) is 2.01. The highest BCUT2D eigenvalue weighted by Crippen LogP contribution is 2.24. The zero-order valence-electron chi connectivity index (χ0n) is 15.5. The van der Waals surface area contributed by atoms with Gasteiger partial charge in [-0.15, -0.1) is 10.2 Å². The number of hydrogen-bond acceptors (Lipinski definition) is 8. The number of amides is 1. The average molecular weight is 398 g/mol. The molecule has 4 heterocycles. The molecule has 0 N–H and O–H groups in total. The van der Waals surface area contributed by atoms with Crippen LogP contribution in [0.25, 0.3) is 11.5 Å². The lowest BCUT2D eigenvalue weighted by Crippen LogP contribution is -2.27. The van der Waals surface area contributed by atoms with E-state index < -0.39 is 0 Å². The Hall–Kier alpha value is -3.01. The normalized spacial score (nSPS) is 13.0. The number of thioether (sulfide) groups is 1. The van der Waals surface area contributed by atoms with Crippen molar-refractivity contribution in [3.8, 4) is 11.5 Å². The van der Waals surface area contributed by atoms with E-state index in [9.17, 15) is 9.59 Å². The third kappa shape index (κ3) is 3.55. The van der Waals surface area contributed by atoms with Crippen molar-refractivity contribution in [3.63, 3.8) is 0 Å². The Labute approximate surface area is 164 Å². The third-order valence-electron chi connectivity index (χ3n) is 4.61. The van der Waals surface area contributed by atoms with Crippen molar-refractivity contribution >= 4 is 17.7 Å². The molecule has 144 valence electrons. The minimum Gasteiger partial charge on any atom is -0.411 e. The first kappa shape index (κ1) is 18.4. The second-order valence-corrected chi connectivity index (χ2v) is 7.45. The number of nitrogens with zero attached hydrogens (tertiary/aromatic N) is 6. The van der Waals surface area contributed by atoms with Gasteiger partial charge in [-0.1, -0.05) is 11.8 Å². The summed E-state index contributed by atoms with van der Waals surface area (Å²) >= 11 is 1.33. The Morgan fingerprint density at radius 3 is 2.82 bits per heavy atom. The minimum atomic E-state index is -0.0818. The maximum Gasteiger partial charge on any atom is 0.276 e. The molecule has 1 amide bonds. The standard InChI is InChI=1S/C18H18N6O3S/c1-11-20-14-10-24(9-13(14)17(26)23(11)2)15(25)5-8-28-18-22-21-16(27-18)12-3-6-19-7-4-12/h3-4,6-7H,5,8-10H2,1-2H3. The molecule has 3 aromatic rings. The summed E-state index contributed by atoms with van der Waals surface area (Å²) in [5, 5.41) is 8.42. The van der Waals surface area contributed by atoms with Gasteiger partial charge in [0.25, 0.3) is 10.8 Å². The van der Waals surface area contributed by atoms with Crippen LogP contribution in [-0.2, 0) is 24.9 Å². The van der Waals surface area contributed by atoms with Gasteiger partial charge in [-0.3, -0.25) is 19.1 Å². The van der Waals surface area contributed by atoms with Gasteiger partial charge in [-0.25, -0.2) is 4.98 Å². The van der Waals surface area contributed by atoms with Crippen LogP contribution < -0.4 is 5.56 Å². The summed E-state index contributed by atoms with van der Waals surface area (Å²) < 4.78 is 7.12. The summed E-state index contributed by atoms with van der Waals surface area (Å²) in [7, 11) is 1.69. The molecule has 0 spiro atoms. The Morgan fingerprint density at radius 1 is 1.25 bits per heavy atom. The van der Waals surface area contributed by atoms with Gasteiger partial charge in [0.2, 0.25) is 11.8 Å². The first-order valence-corrected chi connectivity index (χ1v) is 9.71. The van der Waals surface area contributed by atoms with E-state index in [0.29, 0.717) is 53.5 Å². The van der Waals surface area contributed by atoms with E-state index in [1.54, 1.807) is 43.4 Å². The van der Waals surface area contributed by atoms with Crippen molar-refractivity contribution in [1.82, 2.24) is 29.6 Å². The monoisotopic (exact) mass is 398 g/mol. The largest absolute Gasteiger partial charge is 0.411 e. The van der Waals surface area contributed by atoms with Crippen LogP contribution in [0.2, 0.25) is 0 Å². The fourth-order valence-electron chi connectivity index (χ4n) is 2.97. The summed E-state index contributed by atoms with van der Waals surface area (Å²) in [4.78, 5) is 34.9. The molecule has 3 aromatic heterocycles. The Morgan fingerprint density at radius 2 is 2.04 bits per heavy atom. The van der Waals surface area contributed by atoms with E-state index in [0.717, 1.165) is 5.56 Å². The molecule has 0 aliphatic carbocycles. The van der Waals surface area contributed by atoms with E-state index in [2.05, 4.69) is 20.2 Å². The smallest absolute Gasteiger partial charge is 0.276 e. The molecule has 4 rings (SSSR count). The summed E-state index contributed by atoms with van der Waals surface area (Å²) in [6.07, 6.45) is 3.62. The predicted molar refractivity (Wildman–Crippen MR) is 101 cm³/mol. The molecule has 0 radical (unpaired) electrons. The molecule has 0 bridgehead atoms. The van der Waals surface area contributed by atoms with E-state index in [-0.39, 0.29) is 11.5 Å². The van der Waals surface area contributed by atoms with Crippen molar-refractivity contribution in [2.45, 2.75) is 31.7 Å². The SMILES string of the molecule is Cc1nc2c(c(=O)n1C)CN(C(=O)CCSc1nnc(-c3ccncc3)o1)C2. The van der Waals surface area contributed by atoms with Crippen LogP contribution in [0.5, 0.6) is 0 Å². The number of carbonyl (C=O) groups is 1. The van der Waals surface area contributed by atoms with Gasteiger partial charge in [0, 0.05) is 37.2 Å². The number of aryl methyl sites for hydroxylation is 1. The van der Waals surface area contributed by atoms with E-state index in [4.69, 9.17) is 4.42 Å². The fourth-order valence-corrected chi connectivity index (χ4v) is 3.65. The Bertz CT molecular complexity index is 1080. The van der Waals surface area contributed by atoms with Crippen LogP contribution in [0.15, 0.2) is 39.0 Å². The van der Waals surface area contributed by atoms with Gasteiger partial charge in [-0.2, -0.15) is 0 Å². The molecule has 1 aliphatic heterocycles. The highest BCUT2D eigenvalue weighted by molar-refractivity contribution is 7.99. The summed E-state index contributed by atoms with van der Waals surface area (Å²) in [6.45, 7) is 2.47. The highest BCUT2D eigenvalue weighted by Gasteiger charge is 2.27. The summed E-state index contributed by atoms with van der Waals surface area (Å²) in [6, 6.07) is 3.58. The average Bonchev–Trinajstić information content (AvgIpc) is 3.34. The van der Waals surface area contributed by atoms with Crippen molar-refractivity contribution < 1.29 is 9.21 Å². The molecule has 0 saturated carbocycles. The van der Waals surface area contributed by atoms with Gasteiger partial charge in [-0.05, 0) is 19.1 Å².